The van der Waals surface area contributed by atoms with E-state index in [0.29, 0.717) is 11.4 Å². The first-order valence-corrected chi connectivity index (χ1v) is 11.3. The van der Waals surface area contributed by atoms with Crippen LogP contribution in [0.25, 0.3) is 0 Å². The number of carboxylic acid groups (broad SMARTS) is 1. The number of hydrogen-bond acceptors (Lipinski definition) is 6. The number of hydrogen-bond donors (Lipinski definition) is 4. The van der Waals surface area contributed by atoms with Crippen LogP contribution in [0.15, 0.2) is 24.3 Å². The topological polar surface area (TPSA) is 171 Å². The number of ether oxygens (including phenoxy) is 1. The minimum atomic E-state index is -1.52. The molecule has 1 aromatic carbocycles. The highest BCUT2D eigenvalue weighted by atomic mass is 16.5. The van der Waals surface area contributed by atoms with E-state index in [1.54, 1.807) is 24.3 Å². The predicted molar refractivity (Wildman–Crippen MR) is 124 cm³/mol. The number of fused-ring (bicyclic) bond motifs is 1. The van der Waals surface area contributed by atoms with E-state index < -0.39 is 53.4 Å². The fraction of sp³-hybridized carbons (Fsp3) is 0.522. The van der Waals surface area contributed by atoms with Crippen LogP contribution < -0.4 is 21.1 Å². The molecule has 4 atom stereocenters. The molecule has 12 heteroatoms. The number of amides is 5. The summed E-state index contributed by atoms with van der Waals surface area (Å²) in [5.41, 5.74) is 4.58. The van der Waals surface area contributed by atoms with E-state index in [1.807, 2.05) is 13.8 Å². The van der Waals surface area contributed by atoms with Crippen LogP contribution in [-0.2, 0) is 19.2 Å². The summed E-state index contributed by atoms with van der Waals surface area (Å²) in [7, 11) is 1.40. The number of para-hydroxylation sites is 2. The first-order valence-electron chi connectivity index (χ1n) is 11.3. The van der Waals surface area contributed by atoms with Gasteiger partial charge in [0.1, 0.15) is 23.9 Å². The predicted octanol–water partition coefficient (Wildman–Crippen LogP) is 0.372. The van der Waals surface area contributed by atoms with E-state index >= 15 is 0 Å². The SMILES string of the molecule is CC(C)C[C@@H](C(=O)N1CC2(C[C@H]1C(N)=O)Oc1ccccc1NC2=O)N(C)C(=O)[C@H](C)NC(=O)O. The van der Waals surface area contributed by atoms with Gasteiger partial charge in [-0.15, -0.1) is 0 Å². The molecule has 2 aliphatic heterocycles. The van der Waals surface area contributed by atoms with E-state index in [-0.39, 0.29) is 25.3 Å². The Morgan fingerprint density at radius 1 is 1.29 bits per heavy atom. The molecule has 0 aliphatic carbocycles. The number of nitrogens with one attached hydrogen (secondary N) is 2. The molecule has 1 spiro atoms. The number of anilines is 1. The summed E-state index contributed by atoms with van der Waals surface area (Å²) >= 11 is 0. The molecule has 0 bridgehead atoms. The van der Waals surface area contributed by atoms with Gasteiger partial charge in [0.2, 0.25) is 23.3 Å². The summed E-state index contributed by atoms with van der Waals surface area (Å²) in [4.78, 5) is 65.4. The van der Waals surface area contributed by atoms with Crippen molar-refractivity contribution in [1.82, 2.24) is 15.1 Å². The van der Waals surface area contributed by atoms with Crippen molar-refractivity contribution in [2.24, 2.45) is 11.7 Å². The van der Waals surface area contributed by atoms with Gasteiger partial charge < -0.3 is 36.0 Å². The third kappa shape index (κ3) is 5.15. The van der Waals surface area contributed by atoms with E-state index in [2.05, 4.69) is 10.6 Å². The molecule has 2 heterocycles. The smallest absolute Gasteiger partial charge is 0.405 e. The number of benzene rings is 1. The molecule has 0 saturated carbocycles. The maximum absolute atomic E-state index is 13.8. The first-order chi connectivity index (χ1) is 16.4. The van der Waals surface area contributed by atoms with Gasteiger partial charge in [0.05, 0.1) is 12.2 Å². The van der Waals surface area contributed by atoms with Crippen molar-refractivity contribution < 1.29 is 33.8 Å². The van der Waals surface area contributed by atoms with Crippen LogP contribution in [0.3, 0.4) is 0 Å². The van der Waals surface area contributed by atoms with Crippen LogP contribution in [-0.4, -0.2) is 81.9 Å². The third-order valence-electron chi connectivity index (χ3n) is 6.30. The van der Waals surface area contributed by atoms with E-state index in [1.165, 1.54) is 23.8 Å². The molecule has 12 nitrogen and oxygen atoms in total. The summed E-state index contributed by atoms with van der Waals surface area (Å²) in [6, 6.07) is 3.57. The van der Waals surface area contributed by atoms with Crippen LogP contribution >= 0.6 is 0 Å². The number of carbonyl (C=O) groups excluding carboxylic acids is 4. The second-order valence-corrected chi connectivity index (χ2v) is 9.40. The number of likely N-dealkylation sites (tertiary alicyclic amines) is 1. The number of nitrogens with two attached hydrogens (primary N) is 1. The van der Waals surface area contributed by atoms with Gasteiger partial charge in [-0.3, -0.25) is 19.2 Å². The number of primary amides is 1. The second-order valence-electron chi connectivity index (χ2n) is 9.40. The maximum atomic E-state index is 13.8. The summed E-state index contributed by atoms with van der Waals surface area (Å²) in [6.45, 7) is 4.87. The Kier molecular flexibility index (Phi) is 7.22. The van der Waals surface area contributed by atoms with Crippen molar-refractivity contribution in [3.05, 3.63) is 24.3 Å². The second kappa shape index (κ2) is 9.80. The van der Waals surface area contributed by atoms with Crippen LogP contribution in [0.5, 0.6) is 5.75 Å². The molecule has 0 aromatic heterocycles. The number of likely N-dealkylation sites (N-methyl/N-ethyl adjacent to an activating group) is 1. The molecule has 1 unspecified atom stereocenters. The Balaban J connectivity index is 1.91. The van der Waals surface area contributed by atoms with E-state index in [9.17, 15) is 24.0 Å². The van der Waals surface area contributed by atoms with Crippen molar-refractivity contribution >= 4 is 35.4 Å². The van der Waals surface area contributed by atoms with Gasteiger partial charge in [-0.25, -0.2) is 4.79 Å². The molecule has 5 amide bonds. The van der Waals surface area contributed by atoms with Crippen LogP contribution in [0.1, 0.15) is 33.6 Å². The average Bonchev–Trinajstić information content (AvgIpc) is 3.17. The minimum Gasteiger partial charge on any atom is -0.473 e. The lowest BCUT2D eigenvalue weighted by atomic mass is 9.96. The largest absolute Gasteiger partial charge is 0.473 e. The van der Waals surface area contributed by atoms with Gasteiger partial charge >= 0.3 is 6.09 Å². The van der Waals surface area contributed by atoms with Crippen LogP contribution in [0.2, 0.25) is 0 Å². The van der Waals surface area contributed by atoms with Gasteiger partial charge in [0.25, 0.3) is 5.91 Å². The highest BCUT2D eigenvalue weighted by molar-refractivity contribution is 6.03. The number of carbonyl (C=O) groups is 5. The number of nitrogens with zero attached hydrogens (tertiary/aromatic N) is 2. The Bertz CT molecular complexity index is 1040. The molecule has 1 fully saturated rings. The average molecular weight is 490 g/mol. The van der Waals surface area contributed by atoms with Crippen molar-refractivity contribution in [2.75, 3.05) is 18.9 Å². The van der Waals surface area contributed by atoms with Crippen LogP contribution in [0.4, 0.5) is 10.5 Å². The maximum Gasteiger partial charge on any atom is 0.405 e. The molecule has 1 saturated heterocycles. The monoisotopic (exact) mass is 489 g/mol. The van der Waals surface area contributed by atoms with Crippen molar-refractivity contribution in [3.63, 3.8) is 0 Å². The van der Waals surface area contributed by atoms with Crippen molar-refractivity contribution in [2.45, 2.75) is 57.3 Å². The molecule has 1 aromatic rings. The van der Waals surface area contributed by atoms with E-state index in [4.69, 9.17) is 15.6 Å². The third-order valence-corrected chi connectivity index (χ3v) is 6.30. The lowest BCUT2D eigenvalue weighted by molar-refractivity contribution is -0.148. The zero-order valence-corrected chi connectivity index (χ0v) is 20.1. The molecule has 35 heavy (non-hydrogen) atoms. The lowest BCUT2D eigenvalue weighted by Gasteiger charge is -2.36. The Morgan fingerprint density at radius 3 is 2.54 bits per heavy atom. The molecule has 2 aliphatic rings. The highest BCUT2D eigenvalue weighted by Crippen LogP contribution is 2.40. The fourth-order valence-corrected chi connectivity index (χ4v) is 4.52. The normalized spacial score (nSPS) is 22.6. The first kappa shape index (κ1) is 25.8. The minimum absolute atomic E-state index is 0.0216. The Morgan fingerprint density at radius 2 is 1.94 bits per heavy atom. The highest BCUT2D eigenvalue weighted by Gasteiger charge is 2.57. The summed E-state index contributed by atoms with van der Waals surface area (Å²) in [5.74, 6) is -2.11. The zero-order chi connectivity index (χ0) is 26.1. The molecule has 0 radical (unpaired) electrons. The van der Waals surface area contributed by atoms with Gasteiger partial charge in [-0.2, -0.15) is 0 Å². The lowest BCUT2D eigenvalue weighted by Crippen LogP contribution is -2.57. The number of rotatable bonds is 7. The Labute approximate surface area is 202 Å². The molecule has 190 valence electrons. The van der Waals surface area contributed by atoms with Gasteiger partial charge in [-0.1, -0.05) is 26.0 Å². The standard InChI is InChI=1S/C23H31N5O7/c1-12(2)9-15(27(4)19(30)13(3)25-22(33)34)20(31)28-11-23(10-16(28)18(24)29)21(32)26-14-7-5-6-8-17(14)35-23/h5-8,12-13,15-16,25H,9-11H2,1-4H3,(H2,24,29)(H,26,32)(H,33,34)/t13-,15-,16-,23?/m0/s1. The summed E-state index contributed by atoms with van der Waals surface area (Å²) < 4.78 is 6.03. The van der Waals surface area contributed by atoms with Gasteiger partial charge in [-0.05, 0) is 31.4 Å². The quantitative estimate of drug-likeness (QED) is 0.428. The van der Waals surface area contributed by atoms with Gasteiger partial charge in [0, 0.05) is 13.5 Å². The molecular weight excluding hydrogens is 458 g/mol. The zero-order valence-electron chi connectivity index (χ0n) is 20.1. The summed E-state index contributed by atoms with van der Waals surface area (Å²) in [6.07, 6.45) is -1.27. The Hall–Kier alpha value is -3.83. The molecular formula is C23H31N5O7. The van der Waals surface area contributed by atoms with Crippen LogP contribution in [0, 0.1) is 5.92 Å². The summed E-state index contributed by atoms with van der Waals surface area (Å²) in [5, 5.41) is 13.8. The molecule has 5 N–H and O–H groups in total. The van der Waals surface area contributed by atoms with Crippen molar-refractivity contribution in [1.29, 1.82) is 0 Å². The fourth-order valence-electron chi connectivity index (χ4n) is 4.52. The van der Waals surface area contributed by atoms with E-state index in [0.717, 1.165) is 0 Å². The molecule has 3 rings (SSSR count). The van der Waals surface area contributed by atoms with Gasteiger partial charge in [0.15, 0.2) is 0 Å². The van der Waals surface area contributed by atoms with Crippen molar-refractivity contribution in [3.8, 4) is 5.75 Å².